The van der Waals surface area contributed by atoms with Crippen molar-refractivity contribution in [2.24, 2.45) is 0 Å². The van der Waals surface area contributed by atoms with Gasteiger partial charge in [0.25, 0.3) is 5.91 Å². The molecule has 1 aliphatic heterocycles. The molecule has 0 aromatic heterocycles. The normalized spacial score (nSPS) is 18.9. The van der Waals surface area contributed by atoms with Gasteiger partial charge in [0.15, 0.2) is 6.61 Å². The van der Waals surface area contributed by atoms with Crippen LogP contribution < -0.4 is 10.1 Å². The first-order chi connectivity index (χ1) is 9.74. The molecule has 1 aliphatic rings. The van der Waals surface area contributed by atoms with Gasteiger partial charge in [0, 0.05) is 19.1 Å². The lowest BCUT2D eigenvalue weighted by Gasteiger charge is -2.32. The molecule has 0 aliphatic carbocycles. The number of rotatable bonds is 5. The van der Waals surface area contributed by atoms with Crippen molar-refractivity contribution < 1.29 is 9.53 Å². The average molecular weight is 276 g/mol. The average Bonchev–Trinajstić information content (AvgIpc) is 2.52. The van der Waals surface area contributed by atoms with E-state index in [1.165, 1.54) is 0 Å². The number of ether oxygens (including phenoxy) is 1. The van der Waals surface area contributed by atoms with E-state index in [0.29, 0.717) is 6.04 Å². The number of piperidine rings is 1. The first-order valence-electron chi connectivity index (χ1n) is 7.40. The molecule has 1 aromatic carbocycles. The SMILES string of the molecule is CCc1ccccc1OCC(=O)N1CCC[C@@H](NC)C1. The van der Waals surface area contributed by atoms with Crippen LogP contribution in [-0.4, -0.2) is 43.6 Å². The lowest BCUT2D eigenvalue weighted by Crippen LogP contribution is -2.48. The monoisotopic (exact) mass is 276 g/mol. The molecule has 1 saturated heterocycles. The van der Waals surface area contributed by atoms with Crippen LogP contribution in [0, 0.1) is 0 Å². The predicted octanol–water partition coefficient (Wildman–Crippen LogP) is 1.84. The Kier molecular flexibility index (Phi) is 5.41. The van der Waals surface area contributed by atoms with Crippen molar-refractivity contribution in [3.63, 3.8) is 0 Å². The van der Waals surface area contributed by atoms with Crippen LogP contribution in [0.25, 0.3) is 0 Å². The molecular weight excluding hydrogens is 252 g/mol. The first-order valence-corrected chi connectivity index (χ1v) is 7.40. The Bertz CT molecular complexity index is 448. The molecule has 1 atom stereocenters. The van der Waals surface area contributed by atoms with Gasteiger partial charge in [0.1, 0.15) is 5.75 Å². The summed E-state index contributed by atoms with van der Waals surface area (Å²) < 4.78 is 5.70. The Morgan fingerprint density at radius 2 is 2.25 bits per heavy atom. The number of hydrogen-bond donors (Lipinski definition) is 1. The molecule has 0 spiro atoms. The fraction of sp³-hybridized carbons (Fsp3) is 0.562. The molecule has 1 fully saturated rings. The van der Waals surface area contributed by atoms with Crippen molar-refractivity contribution in [2.45, 2.75) is 32.2 Å². The molecule has 0 saturated carbocycles. The van der Waals surface area contributed by atoms with Gasteiger partial charge in [0.05, 0.1) is 0 Å². The van der Waals surface area contributed by atoms with Gasteiger partial charge in [-0.2, -0.15) is 0 Å². The predicted molar refractivity (Wildman–Crippen MR) is 80.0 cm³/mol. The third-order valence-corrected chi connectivity index (χ3v) is 3.89. The van der Waals surface area contributed by atoms with Gasteiger partial charge in [-0.3, -0.25) is 4.79 Å². The van der Waals surface area contributed by atoms with Crippen molar-refractivity contribution in [2.75, 3.05) is 26.7 Å². The van der Waals surface area contributed by atoms with Gasteiger partial charge >= 0.3 is 0 Å². The van der Waals surface area contributed by atoms with E-state index < -0.39 is 0 Å². The van der Waals surface area contributed by atoms with Gasteiger partial charge in [-0.25, -0.2) is 0 Å². The number of nitrogens with one attached hydrogen (secondary N) is 1. The minimum Gasteiger partial charge on any atom is -0.483 e. The number of benzene rings is 1. The van der Waals surface area contributed by atoms with E-state index in [-0.39, 0.29) is 12.5 Å². The molecule has 1 heterocycles. The number of nitrogens with zero attached hydrogens (tertiary/aromatic N) is 1. The number of likely N-dealkylation sites (tertiary alicyclic amines) is 1. The zero-order valence-electron chi connectivity index (χ0n) is 12.4. The standard InChI is InChI=1S/C16H24N2O2/c1-3-13-7-4-5-9-15(13)20-12-16(19)18-10-6-8-14(11-18)17-2/h4-5,7,9,14,17H,3,6,8,10-12H2,1-2H3/t14-/m1/s1. The maximum atomic E-state index is 12.2. The zero-order valence-corrected chi connectivity index (χ0v) is 12.4. The molecule has 1 aromatic rings. The Morgan fingerprint density at radius 3 is 3.00 bits per heavy atom. The van der Waals surface area contributed by atoms with E-state index in [4.69, 9.17) is 4.74 Å². The van der Waals surface area contributed by atoms with Crippen LogP contribution in [0.5, 0.6) is 5.75 Å². The Morgan fingerprint density at radius 1 is 1.45 bits per heavy atom. The van der Waals surface area contributed by atoms with Gasteiger partial charge in [-0.15, -0.1) is 0 Å². The number of amides is 1. The molecule has 4 nitrogen and oxygen atoms in total. The fourth-order valence-corrected chi connectivity index (χ4v) is 2.61. The summed E-state index contributed by atoms with van der Waals surface area (Å²) in [6.45, 7) is 3.85. The summed E-state index contributed by atoms with van der Waals surface area (Å²) in [5.41, 5.74) is 1.15. The maximum Gasteiger partial charge on any atom is 0.260 e. The van der Waals surface area contributed by atoms with Crippen LogP contribution in [0.2, 0.25) is 0 Å². The number of aryl methyl sites for hydroxylation is 1. The van der Waals surface area contributed by atoms with Crippen LogP contribution in [0.4, 0.5) is 0 Å². The van der Waals surface area contributed by atoms with E-state index in [1.807, 2.05) is 36.2 Å². The highest BCUT2D eigenvalue weighted by molar-refractivity contribution is 5.78. The first kappa shape index (κ1) is 14.9. The van der Waals surface area contributed by atoms with E-state index in [2.05, 4.69) is 12.2 Å². The van der Waals surface area contributed by atoms with Crippen LogP contribution in [-0.2, 0) is 11.2 Å². The summed E-state index contributed by atoms with van der Waals surface area (Å²) in [7, 11) is 1.95. The highest BCUT2D eigenvalue weighted by Crippen LogP contribution is 2.18. The van der Waals surface area contributed by atoms with Gasteiger partial charge in [0.2, 0.25) is 0 Å². The summed E-state index contributed by atoms with van der Waals surface area (Å²) >= 11 is 0. The third kappa shape index (κ3) is 3.73. The molecular formula is C16H24N2O2. The topological polar surface area (TPSA) is 41.6 Å². The Hall–Kier alpha value is -1.55. The summed E-state index contributed by atoms with van der Waals surface area (Å²) in [6.07, 6.45) is 3.11. The molecule has 4 heteroatoms. The minimum absolute atomic E-state index is 0.0795. The number of para-hydroxylation sites is 1. The molecule has 1 N–H and O–H groups in total. The quantitative estimate of drug-likeness (QED) is 0.892. The molecule has 0 bridgehead atoms. The largest absolute Gasteiger partial charge is 0.483 e. The zero-order chi connectivity index (χ0) is 14.4. The van der Waals surface area contributed by atoms with E-state index in [1.54, 1.807) is 0 Å². The number of hydrogen-bond acceptors (Lipinski definition) is 3. The summed E-state index contributed by atoms with van der Waals surface area (Å²) in [6, 6.07) is 8.32. The second kappa shape index (κ2) is 7.29. The number of carbonyl (C=O) groups is 1. The van der Waals surface area contributed by atoms with Crippen LogP contribution in [0.15, 0.2) is 24.3 Å². The van der Waals surface area contributed by atoms with Crippen LogP contribution >= 0.6 is 0 Å². The van der Waals surface area contributed by atoms with E-state index in [9.17, 15) is 4.79 Å². The molecule has 0 radical (unpaired) electrons. The lowest BCUT2D eigenvalue weighted by atomic mass is 10.1. The molecule has 0 unspecified atom stereocenters. The van der Waals surface area contributed by atoms with Crippen molar-refractivity contribution in [3.05, 3.63) is 29.8 Å². The van der Waals surface area contributed by atoms with Crippen molar-refractivity contribution in [1.82, 2.24) is 10.2 Å². The Labute approximate surface area is 121 Å². The second-order valence-corrected chi connectivity index (χ2v) is 5.22. The van der Waals surface area contributed by atoms with Gasteiger partial charge in [-0.1, -0.05) is 25.1 Å². The molecule has 110 valence electrons. The Balaban J connectivity index is 1.88. The maximum absolute atomic E-state index is 12.2. The highest BCUT2D eigenvalue weighted by Gasteiger charge is 2.22. The highest BCUT2D eigenvalue weighted by atomic mass is 16.5. The smallest absolute Gasteiger partial charge is 0.260 e. The number of carbonyl (C=O) groups excluding carboxylic acids is 1. The van der Waals surface area contributed by atoms with E-state index >= 15 is 0 Å². The third-order valence-electron chi connectivity index (χ3n) is 3.89. The van der Waals surface area contributed by atoms with Crippen molar-refractivity contribution in [3.8, 4) is 5.75 Å². The van der Waals surface area contributed by atoms with Crippen molar-refractivity contribution >= 4 is 5.91 Å². The molecule has 1 amide bonds. The minimum atomic E-state index is 0.0795. The van der Waals surface area contributed by atoms with Crippen LogP contribution in [0.3, 0.4) is 0 Å². The van der Waals surface area contributed by atoms with Gasteiger partial charge in [-0.05, 0) is 37.9 Å². The van der Waals surface area contributed by atoms with Crippen molar-refractivity contribution in [1.29, 1.82) is 0 Å². The summed E-state index contributed by atoms with van der Waals surface area (Å²) in [4.78, 5) is 14.1. The summed E-state index contributed by atoms with van der Waals surface area (Å²) in [5.74, 6) is 0.904. The van der Waals surface area contributed by atoms with Crippen LogP contribution in [0.1, 0.15) is 25.3 Å². The lowest BCUT2D eigenvalue weighted by molar-refractivity contribution is -0.134. The van der Waals surface area contributed by atoms with E-state index in [0.717, 1.165) is 43.7 Å². The molecule has 2 rings (SSSR count). The summed E-state index contributed by atoms with van der Waals surface area (Å²) in [5, 5.41) is 3.25. The fourth-order valence-electron chi connectivity index (χ4n) is 2.61. The number of likely N-dealkylation sites (N-methyl/N-ethyl adjacent to an activating group) is 1. The second-order valence-electron chi connectivity index (χ2n) is 5.22. The van der Waals surface area contributed by atoms with Gasteiger partial charge < -0.3 is 15.0 Å². The molecule has 20 heavy (non-hydrogen) atoms.